The Morgan fingerprint density at radius 2 is 2.20 bits per heavy atom. The zero-order chi connectivity index (χ0) is 13.8. The van der Waals surface area contributed by atoms with Crippen molar-refractivity contribution in [1.82, 2.24) is 5.32 Å². The summed E-state index contributed by atoms with van der Waals surface area (Å²) in [5, 5.41) is 3.26. The molecule has 1 saturated carbocycles. The molecular weight excluding hydrogens is 302 g/mol. The van der Waals surface area contributed by atoms with Crippen molar-refractivity contribution >= 4 is 29.9 Å². The third-order valence-electron chi connectivity index (χ3n) is 3.43. The average molecular weight is 321 g/mol. The van der Waals surface area contributed by atoms with Gasteiger partial charge in [-0.15, -0.1) is 12.4 Å². The number of benzene rings is 1. The summed E-state index contributed by atoms with van der Waals surface area (Å²) in [5.41, 5.74) is 5.86. The Morgan fingerprint density at radius 3 is 2.85 bits per heavy atom. The van der Waals surface area contributed by atoms with Crippen molar-refractivity contribution < 1.29 is 9.18 Å². The summed E-state index contributed by atoms with van der Waals surface area (Å²) in [6.45, 7) is 1.26. The van der Waals surface area contributed by atoms with Crippen LogP contribution in [0.1, 0.15) is 30.7 Å². The lowest BCUT2D eigenvalue weighted by atomic mass is 10.1. The second kappa shape index (κ2) is 7.81. The molecule has 0 radical (unpaired) electrons. The van der Waals surface area contributed by atoms with Crippen molar-refractivity contribution in [3.05, 3.63) is 34.6 Å². The monoisotopic (exact) mass is 320 g/mol. The number of hydrogen-bond acceptors (Lipinski definition) is 2. The standard InChI is InChI=1S/C14H18ClFN2O.ClH/c15-11-4-3-5-12(16)13(11)9-8-10(9)14(19)18-7-2-1-6-17;/h3-5,9-10H,1-2,6-8,17H2,(H,18,19);1H. The molecule has 20 heavy (non-hydrogen) atoms. The molecule has 0 saturated heterocycles. The van der Waals surface area contributed by atoms with Crippen LogP contribution >= 0.6 is 24.0 Å². The Bertz CT molecular complexity index is 450. The van der Waals surface area contributed by atoms with Gasteiger partial charge in [0.25, 0.3) is 0 Å². The van der Waals surface area contributed by atoms with Crippen molar-refractivity contribution in [1.29, 1.82) is 0 Å². The van der Waals surface area contributed by atoms with Crippen LogP contribution in [0.5, 0.6) is 0 Å². The highest BCUT2D eigenvalue weighted by molar-refractivity contribution is 6.31. The molecule has 2 atom stereocenters. The summed E-state index contributed by atoms with van der Waals surface area (Å²) in [6, 6.07) is 4.62. The summed E-state index contributed by atoms with van der Waals surface area (Å²) in [6.07, 6.45) is 2.44. The number of carbonyl (C=O) groups excluding carboxylic acids is 1. The summed E-state index contributed by atoms with van der Waals surface area (Å²) in [7, 11) is 0. The van der Waals surface area contributed by atoms with Crippen molar-refractivity contribution in [2.75, 3.05) is 13.1 Å². The largest absolute Gasteiger partial charge is 0.356 e. The van der Waals surface area contributed by atoms with Crippen molar-refractivity contribution in [3.63, 3.8) is 0 Å². The Hall–Kier alpha value is -0.840. The van der Waals surface area contributed by atoms with Crippen molar-refractivity contribution in [3.8, 4) is 0 Å². The van der Waals surface area contributed by atoms with Crippen LogP contribution in [0.15, 0.2) is 18.2 Å². The van der Waals surface area contributed by atoms with Gasteiger partial charge in [-0.1, -0.05) is 17.7 Å². The lowest BCUT2D eigenvalue weighted by Gasteiger charge is -2.06. The second-order valence-corrected chi connectivity index (χ2v) is 5.28. The van der Waals surface area contributed by atoms with Gasteiger partial charge in [0, 0.05) is 29.0 Å². The first-order chi connectivity index (χ1) is 9.15. The fraction of sp³-hybridized carbons (Fsp3) is 0.500. The summed E-state index contributed by atoms with van der Waals surface area (Å²) < 4.78 is 13.7. The third-order valence-corrected chi connectivity index (χ3v) is 3.76. The Morgan fingerprint density at radius 1 is 1.45 bits per heavy atom. The summed E-state index contributed by atoms with van der Waals surface area (Å²) in [5.74, 6) is -0.562. The zero-order valence-corrected chi connectivity index (χ0v) is 12.6. The molecule has 1 amide bonds. The maximum Gasteiger partial charge on any atom is 0.223 e. The van der Waals surface area contributed by atoms with Gasteiger partial charge in [-0.25, -0.2) is 4.39 Å². The normalized spacial score (nSPS) is 20.1. The number of nitrogens with two attached hydrogens (primary N) is 1. The van der Waals surface area contributed by atoms with E-state index in [1.165, 1.54) is 6.07 Å². The highest BCUT2D eigenvalue weighted by Gasteiger charge is 2.45. The van der Waals surface area contributed by atoms with Crippen LogP contribution in [0.25, 0.3) is 0 Å². The molecule has 0 aromatic heterocycles. The number of amides is 1. The fourth-order valence-corrected chi connectivity index (χ4v) is 2.58. The average Bonchev–Trinajstić information content (AvgIpc) is 3.14. The van der Waals surface area contributed by atoms with Crippen molar-refractivity contribution in [2.24, 2.45) is 11.7 Å². The molecule has 1 fully saturated rings. The number of unbranched alkanes of at least 4 members (excludes halogenated alkanes) is 1. The molecule has 0 spiro atoms. The van der Waals surface area contributed by atoms with Crippen LogP contribution in [-0.2, 0) is 4.79 Å². The number of hydrogen-bond donors (Lipinski definition) is 2. The minimum atomic E-state index is -0.323. The molecule has 6 heteroatoms. The van der Waals surface area contributed by atoms with Crippen LogP contribution < -0.4 is 11.1 Å². The van der Waals surface area contributed by atoms with Gasteiger partial charge in [0.15, 0.2) is 0 Å². The molecule has 1 aliphatic carbocycles. The lowest BCUT2D eigenvalue weighted by molar-refractivity contribution is -0.122. The number of carbonyl (C=O) groups is 1. The van der Waals surface area contributed by atoms with E-state index in [0.29, 0.717) is 30.1 Å². The van der Waals surface area contributed by atoms with Crippen LogP contribution in [-0.4, -0.2) is 19.0 Å². The number of halogens is 3. The van der Waals surface area contributed by atoms with E-state index in [2.05, 4.69) is 5.32 Å². The van der Waals surface area contributed by atoms with Crippen molar-refractivity contribution in [2.45, 2.75) is 25.2 Å². The first kappa shape index (κ1) is 17.2. The van der Waals surface area contributed by atoms with Gasteiger partial charge < -0.3 is 11.1 Å². The van der Waals surface area contributed by atoms with Gasteiger partial charge in [0.1, 0.15) is 5.82 Å². The van der Waals surface area contributed by atoms with Crippen LogP contribution in [0.4, 0.5) is 4.39 Å². The predicted molar refractivity (Wildman–Crippen MR) is 80.8 cm³/mol. The number of rotatable bonds is 6. The van der Waals surface area contributed by atoms with E-state index in [1.54, 1.807) is 12.1 Å². The minimum absolute atomic E-state index is 0. The zero-order valence-electron chi connectivity index (χ0n) is 11.1. The molecular formula is C14H19Cl2FN2O. The van der Waals surface area contributed by atoms with Gasteiger partial charge >= 0.3 is 0 Å². The topological polar surface area (TPSA) is 55.1 Å². The van der Waals surface area contributed by atoms with Crippen LogP contribution in [0.2, 0.25) is 5.02 Å². The number of nitrogens with one attached hydrogen (secondary N) is 1. The molecule has 2 unspecified atom stereocenters. The fourth-order valence-electron chi connectivity index (χ4n) is 2.28. The molecule has 1 aromatic rings. The highest BCUT2D eigenvalue weighted by atomic mass is 35.5. The Labute approximate surface area is 129 Å². The van der Waals surface area contributed by atoms with E-state index in [0.717, 1.165) is 12.8 Å². The molecule has 112 valence electrons. The van der Waals surface area contributed by atoms with E-state index >= 15 is 0 Å². The third kappa shape index (κ3) is 4.08. The summed E-state index contributed by atoms with van der Waals surface area (Å²) >= 11 is 5.99. The maximum absolute atomic E-state index is 13.7. The van der Waals surface area contributed by atoms with Gasteiger partial charge in [-0.2, -0.15) is 0 Å². The van der Waals surface area contributed by atoms with E-state index in [-0.39, 0.29) is 36.0 Å². The SMILES string of the molecule is Cl.NCCCCNC(=O)C1CC1c1c(F)cccc1Cl. The second-order valence-electron chi connectivity index (χ2n) is 4.87. The van der Waals surface area contributed by atoms with E-state index in [9.17, 15) is 9.18 Å². The maximum atomic E-state index is 13.7. The van der Waals surface area contributed by atoms with Gasteiger partial charge in [-0.3, -0.25) is 4.79 Å². The quantitative estimate of drug-likeness (QED) is 0.792. The van der Waals surface area contributed by atoms with E-state index in [4.69, 9.17) is 17.3 Å². The van der Waals surface area contributed by atoms with E-state index < -0.39 is 0 Å². The van der Waals surface area contributed by atoms with E-state index in [1.807, 2.05) is 0 Å². The van der Waals surface area contributed by atoms with Crippen LogP contribution in [0.3, 0.4) is 0 Å². The predicted octanol–water partition coefficient (Wildman–Crippen LogP) is 2.86. The Kier molecular flexibility index (Phi) is 6.72. The molecule has 3 N–H and O–H groups in total. The van der Waals surface area contributed by atoms with Gasteiger partial charge in [0.05, 0.1) is 0 Å². The molecule has 0 aliphatic heterocycles. The molecule has 0 heterocycles. The molecule has 1 aliphatic rings. The first-order valence-electron chi connectivity index (χ1n) is 6.57. The molecule has 3 nitrogen and oxygen atoms in total. The smallest absolute Gasteiger partial charge is 0.223 e. The summed E-state index contributed by atoms with van der Waals surface area (Å²) in [4.78, 5) is 11.9. The Balaban J connectivity index is 0.00000200. The van der Waals surface area contributed by atoms with Crippen LogP contribution in [0, 0.1) is 11.7 Å². The minimum Gasteiger partial charge on any atom is -0.356 e. The molecule has 1 aromatic carbocycles. The molecule has 2 rings (SSSR count). The highest BCUT2D eigenvalue weighted by Crippen LogP contribution is 2.50. The van der Waals surface area contributed by atoms with Gasteiger partial charge in [-0.05, 0) is 37.9 Å². The molecule has 0 bridgehead atoms. The van der Waals surface area contributed by atoms with Gasteiger partial charge in [0.2, 0.25) is 5.91 Å². The first-order valence-corrected chi connectivity index (χ1v) is 6.94. The lowest BCUT2D eigenvalue weighted by Crippen LogP contribution is -2.26.